The standard InChI is InChI=1S/C13H11NO5/c1-7-5-6-10(19-7)12(16)14-9-4-2-3-8(11(9)15)13(17)18/h2-6,15H,1H3,(H,14,16)(H,17,18). The molecule has 98 valence electrons. The van der Waals surface area contributed by atoms with Gasteiger partial charge in [-0.25, -0.2) is 4.79 Å². The molecule has 6 heteroatoms. The first-order chi connectivity index (χ1) is 8.99. The molecule has 1 amide bonds. The number of carbonyl (C=O) groups is 2. The Morgan fingerprint density at radius 2 is 1.95 bits per heavy atom. The number of aromatic hydroxyl groups is 1. The van der Waals surface area contributed by atoms with Gasteiger partial charge >= 0.3 is 5.97 Å². The van der Waals surface area contributed by atoms with Gasteiger partial charge in [0.2, 0.25) is 0 Å². The summed E-state index contributed by atoms with van der Waals surface area (Å²) in [7, 11) is 0. The van der Waals surface area contributed by atoms with Crippen LogP contribution in [0.1, 0.15) is 26.7 Å². The minimum atomic E-state index is -1.28. The summed E-state index contributed by atoms with van der Waals surface area (Å²) < 4.78 is 5.13. The second kappa shape index (κ2) is 4.85. The Kier molecular flexibility index (Phi) is 3.24. The number of nitrogens with one attached hydrogen (secondary N) is 1. The molecule has 3 N–H and O–H groups in total. The van der Waals surface area contributed by atoms with Crippen molar-refractivity contribution in [1.29, 1.82) is 0 Å². The van der Waals surface area contributed by atoms with Gasteiger partial charge in [0.25, 0.3) is 5.91 Å². The van der Waals surface area contributed by atoms with Crippen LogP contribution in [0.25, 0.3) is 0 Å². The zero-order valence-corrected chi connectivity index (χ0v) is 10.0. The van der Waals surface area contributed by atoms with Crippen molar-refractivity contribution in [2.45, 2.75) is 6.92 Å². The average molecular weight is 261 g/mol. The number of carbonyl (C=O) groups excluding carboxylic acids is 1. The number of carboxylic acid groups (broad SMARTS) is 1. The van der Waals surface area contributed by atoms with Crippen molar-refractivity contribution < 1.29 is 24.2 Å². The van der Waals surface area contributed by atoms with Gasteiger partial charge in [-0.2, -0.15) is 0 Å². The highest BCUT2D eigenvalue weighted by Crippen LogP contribution is 2.27. The summed E-state index contributed by atoms with van der Waals surface area (Å²) in [6.45, 7) is 1.69. The number of rotatable bonds is 3. The summed E-state index contributed by atoms with van der Waals surface area (Å²) in [6.07, 6.45) is 0. The van der Waals surface area contributed by atoms with Crippen LogP contribution in [0.2, 0.25) is 0 Å². The number of furan rings is 1. The van der Waals surface area contributed by atoms with Gasteiger partial charge in [-0.1, -0.05) is 6.07 Å². The summed E-state index contributed by atoms with van der Waals surface area (Å²) in [4.78, 5) is 22.6. The number of aromatic carboxylic acids is 1. The van der Waals surface area contributed by atoms with Crippen molar-refractivity contribution >= 4 is 17.6 Å². The molecular weight excluding hydrogens is 250 g/mol. The lowest BCUT2D eigenvalue weighted by atomic mass is 10.1. The molecule has 0 aliphatic carbocycles. The van der Waals surface area contributed by atoms with Crippen molar-refractivity contribution in [2.24, 2.45) is 0 Å². The minimum absolute atomic E-state index is 0.0129. The second-order valence-corrected chi connectivity index (χ2v) is 3.87. The Morgan fingerprint density at radius 1 is 1.21 bits per heavy atom. The molecular formula is C13H11NO5. The van der Waals surface area contributed by atoms with E-state index < -0.39 is 17.6 Å². The van der Waals surface area contributed by atoms with Crippen LogP contribution in [0.3, 0.4) is 0 Å². The lowest BCUT2D eigenvalue weighted by Crippen LogP contribution is -2.11. The van der Waals surface area contributed by atoms with Crippen molar-refractivity contribution in [3.05, 3.63) is 47.4 Å². The molecule has 0 unspecified atom stereocenters. The first-order valence-corrected chi connectivity index (χ1v) is 5.42. The molecule has 0 aliphatic rings. The molecule has 6 nitrogen and oxygen atoms in total. The highest BCUT2D eigenvalue weighted by molar-refractivity contribution is 6.04. The zero-order chi connectivity index (χ0) is 14.0. The highest BCUT2D eigenvalue weighted by atomic mass is 16.4. The third-order valence-electron chi connectivity index (χ3n) is 2.48. The fraction of sp³-hybridized carbons (Fsp3) is 0.0769. The van der Waals surface area contributed by atoms with Crippen LogP contribution in [0.5, 0.6) is 5.75 Å². The van der Waals surface area contributed by atoms with Crippen LogP contribution in [0.15, 0.2) is 34.7 Å². The summed E-state index contributed by atoms with van der Waals surface area (Å²) in [5, 5.41) is 21.0. The molecule has 2 aromatic rings. The third kappa shape index (κ3) is 2.57. The van der Waals surface area contributed by atoms with E-state index in [1.165, 1.54) is 24.3 Å². The number of hydrogen-bond acceptors (Lipinski definition) is 4. The fourth-order valence-corrected chi connectivity index (χ4v) is 1.56. The molecule has 0 aliphatic heterocycles. The molecule has 0 fully saturated rings. The predicted octanol–water partition coefficient (Wildman–Crippen LogP) is 2.24. The third-order valence-corrected chi connectivity index (χ3v) is 2.48. The Balaban J connectivity index is 2.27. The SMILES string of the molecule is Cc1ccc(C(=O)Nc2cccc(C(=O)O)c2O)o1. The molecule has 19 heavy (non-hydrogen) atoms. The summed E-state index contributed by atoms with van der Waals surface area (Å²) in [5.74, 6) is -1.67. The first-order valence-electron chi connectivity index (χ1n) is 5.42. The molecule has 0 spiro atoms. The molecule has 0 atom stereocenters. The summed E-state index contributed by atoms with van der Waals surface area (Å²) >= 11 is 0. The number of carboxylic acids is 1. The lowest BCUT2D eigenvalue weighted by molar-refractivity contribution is 0.0693. The van der Waals surface area contributed by atoms with E-state index in [9.17, 15) is 14.7 Å². The van der Waals surface area contributed by atoms with Gasteiger partial charge in [0.05, 0.1) is 5.69 Å². The average Bonchev–Trinajstić information content (AvgIpc) is 2.78. The number of hydrogen-bond donors (Lipinski definition) is 3. The smallest absolute Gasteiger partial charge is 0.339 e. The van der Waals surface area contributed by atoms with Crippen molar-refractivity contribution in [3.63, 3.8) is 0 Å². The van der Waals surface area contributed by atoms with E-state index in [4.69, 9.17) is 9.52 Å². The van der Waals surface area contributed by atoms with Gasteiger partial charge in [-0.05, 0) is 31.2 Å². The quantitative estimate of drug-likeness (QED) is 0.736. The number of amides is 1. The minimum Gasteiger partial charge on any atom is -0.505 e. The molecule has 0 radical (unpaired) electrons. The van der Waals surface area contributed by atoms with E-state index in [2.05, 4.69) is 5.32 Å². The number of para-hydroxylation sites is 1. The largest absolute Gasteiger partial charge is 0.505 e. The van der Waals surface area contributed by atoms with Gasteiger partial charge in [0.15, 0.2) is 11.5 Å². The van der Waals surface area contributed by atoms with E-state index in [-0.39, 0.29) is 17.0 Å². The molecule has 1 aromatic heterocycles. The van der Waals surface area contributed by atoms with Crippen LogP contribution in [-0.4, -0.2) is 22.1 Å². The fourth-order valence-electron chi connectivity index (χ4n) is 1.56. The van der Waals surface area contributed by atoms with E-state index >= 15 is 0 Å². The molecule has 0 bridgehead atoms. The molecule has 1 heterocycles. The summed E-state index contributed by atoms with van der Waals surface area (Å²) in [5.41, 5.74) is -0.271. The zero-order valence-electron chi connectivity index (χ0n) is 10.0. The van der Waals surface area contributed by atoms with Gasteiger partial charge in [0, 0.05) is 0 Å². The highest BCUT2D eigenvalue weighted by Gasteiger charge is 2.16. The Labute approximate surface area is 108 Å². The maximum atomic E-state index is 11.8. The van der Waals surface area contributed by atoms with E-state index in [0.717, 1.165) is 0 Å². The maximum Gasteiger partial charge on any atom is 0.339 e. The van der Waals surface area contributed by atoms with Gasteiger partial charge < -0.3 is 19.9 Å². The van der Waals surface area contributed by atoms with Crippen molar-refractivity contribution in [2.75, 3.05) is 5.32 Å². The van der Waals surface area contributed by atoms with Crippen LogP contribution < -0.4 is 5.32 Å². The second-order valence-electron chi connectivity index (χ2n) is 3.87. The first kappa shape index (κ1) is 12.7. The van der Waals surface area contributed by atoms with Crippen LogP contribution in [0, 0.1) is 6.92 Å². The van der Waals surface area contributed by atoms with Crippen molar-refractivity contribution in [3.8, 4) is 5.75 Å². The predicted molar refractivity (Wildman–Crippen MR) is 66.5 cm³/mol. The van der Waals surface area contributed by atoms with Gasteiger partial charge in [-0.3, -0.25) is 4.79 Å². The monoisotopic (exact) mass is 261 g/mol. The van der Waals surface area contributed by atoms with Crippen molar-refractivity contribution in [1.82, 2.24) is 0 Å². The lowest BCUT2D eigenvalue weighted by Gasteiger charge is -2.07. The summed E-state index contributed by atoms with van der Waals surface area (Å²) in [6, 6.07) is 7.18. The van der Waals surface area contributed by atoms with E-state index in [0.29, 0.717) is 5.76 Å². The van der Waals surface area contributed by atoms with Crippen LogP contribution in [0.4, 0.5) is 5.69 Å². The topological polar surface area (TPSA) is 99.8 Å². The van der Waals surface area contributed by atoms with E-state index in [1.807, 2.05) is 0 Å². The Hall–Kier alpha value is -2.76. The number of benzene rings is 1. The Bertz CT molecular complexity index is 644. The number of phenols is 1. The Morgan fingerprint density at radius 3 is 2.53 bits per heavy atom. The molecule has 2 rings (SSSR count). The van der Waals surface area contributed by atoms with Crippen LogP contribution in [-0.2, 0) is 0 Å². The van der Waals surface area contributed by atoms with Gasteiger partial charge in [0.1, 0.15) is 11.3 Å². The normalized spacial score (nSPS) is 10.2. The van der Waals surface area contributed by atoms with Crippen LogP contribution >= 0.6 is 0 Å². The molecule has 0 saturated heterocycles. The molecule has 0 saturated carbocycles. The molecule has 1 aromatic carbocycles. The number of anilines is 1. The maximum absolute atomic E-state index is 11.8. The number of aryl methyl sites for hydroxylation is 1. The van der Waals surface area contributed by atoms with Gasteiger partial charge in [-0.15, -0.1) is 0 Å². The van der Waals surface area contributed by atoms with E-state index in [1.54, 1.807) is 13.0 Å².